The van der Waals surface area contributed by atoms with Gasteiger partial charge in [-0.05, 0) is 24.6 Å². The Bertz CT molecular complexity index is 684. The average Bonchev–Trinajstić information content (AvgIpc) is 2.96. The zero-order valence-corrected chi connectivity index (χ0v) is 12.1. The van der Waals surface area contributed by atoms with Gasteiger partial charge in [-0.25, -0.2) is 9.07 Å². The third-order valence-electron chi connectivity index (χ3n) is 3.14. The largest absolute Gasteiger partial charge is 0.481 e. The van der Waals surface area contributed by atoms with E-state index in [1.807, 2.05) is 0 Å². The smallest absolute Gasteiger partial charge is 0.303 e. The van der Waals surface area contributed by atoms with Crippen molar-refractivity contribution < 1.29 is 19.1 Å². The molecular weight excluding hydrogens is 289 g/mol. The van der Waals surface area contributed by atoms with Gasteiger partial charge in [0, 0.05) is 26.2 Å². The minimum absolute atomic E-state index is 0.00128. The molecule has 116 valence electrons. The SMILES string of the molecule is CN(CCCC(=O)O)C(=O)c1ccn(-c2ccccc2F)n1. The zero-order chi connectivity index (χ0) is 16.1. The van der Waals surface area contributed by atoms with Crippen LogP contribution < -0.4 is 0 Å². The highest BCUT2D eigenvalue weighted by atomic mass is 19.1. The Morgan fingerprint density at radius 3 is 2.73 bits per heavy atom. The van der Waals surface area contributed by atoms with E-state index in [9.17, 15) is 14.0 Å². The summed E-state index contributed by atoms with van der Waals surface area (Å²) in [6.45, 7) is 0.317. The van der Waals surface area contributed by atoms with Crippen molar-refractivity contribution in [1.29, 1.82) is 0 Å². The molecule has 1 heterocycles. The first kappa shape index (κ1) is 15.7. The zero-order valence-electron chi connectivity index (χ0n) is 12.1. The quantitative estimate of drug-likeness (QED) is 0.885. The van der Waals surface area contributed by atoms with E-state index in [4.69, 9.17) is 5.11 Å². The van der Waals surface area contributed by atoms with Gasteiger partial charge in [0.05, 0.1) is 0 Å². The molecular formula is C15H16FN3O3. The lowest BCUT2D eigenvalue weighted by molar-refractivity contribution is -0.137. The number of rotatable bonds is 6. The van der Waals surface area contributed by atoms with Crippen molar-refractivity contribution in [3.05, 3.63) is 48.0 Å². The molecule has 0 spiro atoms. The maximum atomic E-state index is 13.7. The molecule has 0 radical (unpaired) electrons. The fourth-order valence-corrected chi connectivity index (χ4v) is 1.97. The van der Waals surface area contributed by atoms with E-state index in [0.717, 1.165) is 0 Å². The highest BCUT2D eigenvalue weighted by Crippen LogP contribution is 2.12. The van der Waals surface area contributed by atoms with Crippen LogP contribution in [-0.2, 0) is 4.79 Å². The number of hydrogen-bond acceptors (Lipinski definition) is 3. The number of benzene rings is 1. The molecule has 0 saturated heterocycles. The number of carboxylic acids is 1. The van der Waals surface area contributed by atoms with Crippen LogP contribution in [0.3, 0.4) is 0 Å². The van der Waals surface area contributed by atoms with Crippen molar-refractivity contribution in [2.24, 2.45) is 0 Å². The number of aromatic nitrogens is 2. The van der Waals surface area contributed by atoms with Crippen LogP contribution >= 0.6 is 0 Å². The van der Waals surface area contributed by atoms with Crippen molar-refractivity contribution in [1.82, 2.24) is 14.7 Å². The Labute approximate surface area is 126 Å². The van der Waals surface area contributed by atoms with Crippen LogP contribution in [0.25, 0.3) is 5.69 Å². The first-order valence-corrected chi connectivity index (χ1v) is 6.77. The highest BCUT2D eigenvalue weighted by Gasteiger charge is 2.16. The topological polar surface area (TPSA) is 75.4 Å². The minimum atomic E-state index is -0.898. The maximum Gasteiger partial charge on any atom is 0.303 e. The average molecular weight is 305 g/mol. The number of amides is 1. The standard InChI is InChI=1S/C15H16FN3O3/c1-18(9-4-7-14(20)21)15(22)12-8-10-19(17-12)13-6-3-2-5-11(13)16/h2-3,5-6,8,10H,4,7,9H2,1H3,(H,20,21). The fourth-order valence-electron chi connectivity index (χ4n) is 1.97. The van der Waals surface area contributed by atoms with Gasteiger partial charge in [0.1, 0.15) is 11.5 Å². The lowest BCUT2D eigenvalue weighted by Crippen LogP contribution is -2.28. The van der Waals surface area contributed by atoms with Crippen molar-refractivity contribution >= 4 is 11.9 Å². The summed E-state index contributed by atoms with van der Waals surface area (Å²) < 4.78 is 15.0. The Hall–Kier alpha value is -2.70. The molecule has 2 rings (SSSR count). The summed E-state index contributed by atoms with van der Waals surface area (Å²) >= 11 is 0. The summed E-state index contributed by atoms with van der Waals surface area (Å²) in [7, 11) is 1.58. The van der Waals surface area contributed by atoms with Crippen molar-refractivity contribution in [2.75, 3.05) is 13.6 Å². The van der Waals surface area contributed by atoms with E-state index in [0.29, 0.717) is 13.0 Å². The second-order valence-corrected chi connectivity index (χ2v) is 4.82. The molecule has 22 heavy (non-hydrogen) atoms. The molecule has 0 aliphatic heterocycles. The second kappa shape index (κ2) is 6.84. The summed E-state index contributed by atoms with van der Waals surface area (Å²) in [4.78, 5) is 24.0. The molecule has 1 N–H and O–H groups in total. The van der Waals surface area contributed by atoms with Gasteiger partial charge in [-0.2, -0.15) is 5.10 Å². The van der Waals surface area contributed by atoms with Gasteiger partial charge in [-0.3, -0.25) is 9.59 Å². The molecule has 7 heteroatoms. The number of carbonyl (C=O) groups excluding carboxylic acids is 1. The van der Waals surface area contributed by atoms with Crippen molar-refractivity contribution in [3.63, 3.8) is 0 Å². The van der Waals surface area contributed by atoms with Crippen LogP contribution in [-0.4, -0.2) is 45.3 Å². The third kappa shape index (κ3) is 3.69. The van der Waals surface area contributed by atoms with Gasteiger partial charge in [-0.1, -0.05) is 12.1 Å². The van der Waals surface area contributed by atoms with E-state index in [1.54, 1.807) is 25.2 Å². The van der Waals surface area contributed by atoms with E-state index < -0.39 is 11.8 Å². The summed E-state index contributed by atoms with van der Waals surface area (Å²) in [6.07, 6.45) is 1.88. The molecule has 6 nitrogen and oxygen atoms in total. The number of para-hydroxylation sites is 1. The summed E-state index contributed by atoms with van der Waals surface area (Å²) in [6, 6.07) is 7.64. The maximum absolute atomic E-state index is 13.7. The highest BCUT2D eigenvalue weighted by molar-refractivity contribution is 5.92. The molecule has 0 saturated carbocycles. The Kier molecular flexibility index (Phi) is 4.88. The van der Waals surface area contributed by atoms with E-state index >= 15 is 0 Å². The summed E-state index contributed by atoms with van der Waals surface area (Å²) in [5, 5.41) is 12.7. The third-order valence-corrected chi connectivity index (χ3v) is 3.14. The first-order valence-electron chi connectivity index (χ1n) is 6.77. The number of carboxylic acid groups (broad SMARTS) is 1. The van der Waals surface area contributed by atoms with Crippen LogP contribution in [0.5, 0.6) is 0 Å². The number of halogens is 1. The lowest BCUT2D eigenvalue weighted by Gasteiger charge is -2.14. The van der Waals surface area contributed by atoms with Gasteiger partial charge >= 0.3 is 5.97 Å². The van der Waals surface area contributed by atoms with Crippen LogP contribution in [0.15, 0.2) is 36.5 Å². The van der Waals surface area contributed by atoms with Crippen LogP contribution in [0.1, 0.15) is 23.3 Å². The summed E-state index contributed by atoms with van der Waals surface area (Å²) in [5.41, 5.74) is 0.441. The van der Waals surface area contributed by atoms with Gasteiger partial charge in [0.15, 0.2) is 5.69 Å². The van der Waals surface area contributed by atoms with Gasteiger partial charge in [0.2, 0.25) is 0 Å². The van der Waals surface area contributed by atoms with Crippen LogP contribution in [0, 0.1) is 5.82 Å². The molecule has 0 unspecified atom stereocenters. The van der Waals surface area contributed by atoms with Crippen LogP contribution in [0.2, 0.25) is 0 Å². The second-order valence-electron chi connectivity index (χ2n) is 4.82. The van der Waals surface area contributed by atoms with Gasteiger partial charge in [-0.15, -0.1) is 0 Å². The monoisotopic (exact) mass is 305 g/mol. The van der Waals surface area contributed by atoms with E-state index in [1.165, 1.54) is 27.9 Å². The number of aliphatic carboxylic acids is 1. The van der Waals surface area contributed by atoms with Gasteiger partial charge < -0.3 is 10.0 Å². The Morgan fingerprint density at radius 2 is 2.05 bits per heavy atom. The molecule has 0 atom stereocenters. The predicted molar refractivity (Wildman–Crippen MR) is 77.4 cm³/mol. The molecule has 0 bridgehead atoms. The number of carbonyl (C=O) groups is 2. The normalized spacial score (nSPS) is 10.5. The molecule has 2 aromatic rings. The van der Waals surface area contributed by atoms with Gasteiger partial charge in [0.25, 0.3) is 5.91 Å². The molecule has 0 fully saturated rings. The predicted octanol–water partition coefficient (Wildman–Crippen LogP) is 1.95. The first-order chi connectivity index (χ1) is 10.5. The number of nitrogens with zero attached hydrogens (tertiary/aromatic N) is 3. The van der Waals surface area contributed by atoms with Crippen molar-refractivity contribution in [3.8, 4) is 5.69 Å². The van der Waals surface area contributed by atoms with E-state index in [-0.39, 0.29) is 23.7 Å². The van der Waals surface area contributed by atoms with Crippen LogP contribution in [0.4, 0.5) is 4.39 Å². The number of hydrogen-bond donors (Lipinski definition) is 1. The lowest BCUT2D eigenvalue weighted by atomic mass is 10.3. The molecule has 0 aliphatic carbocycles. The fraction of sp³-hybridized carbons (Fsp3) is 0.267. The Morgan fingerprint density at radius 1 is 1.32 bits per heavy atom. The molecule has 1 amide bonds. The summed E-state index contributed by atoms with van der Waals surface area (Å²) in [5.74, 6) is -1.66. The molecule has 1 aromatic heterocycles. The molecule has 0 aliphatic rings. The Balaban J connectivity index is 2.06. The van der Waals surface area contributed by atoms with E-state index in [2.05, 4.69) is 5.10 Å². The minimum Gasteiger partial charge on any atom is -0.481 e. The molecule has 1 aromatic carbocycles. The van der Waals surface area contributed by atoms with Crippen molar-refractivity contribution in [2.45, 2.75) is 12.8 Å².